The molecule has 0 N–H and O–H groups in total. The molecule has 1 aliphatic heterocycles. The lowest BCUT2D eigenvalue weighted by Gasteiger charge is -2.18. The summed E-state index contributed by atoms with van der Waals surface area (Å²) in [6, 6.07) is 33.1. The molecule has 0 amide bonds. The van der Waals surface area contributed by atoms with E-state index in [1.807, 2.05) is 31.3 Å². The van der Waals surface area contributed by atoms with Gasteiger partial charge < -0.3 is 4.42 Å². The molecule has 3 heterocycles. The van der Waals surface area contributed by atoms with E-state index >= 15 is 4.39 Å². The summed E-state index contributed by atoms with van der Waals surface area (Å²) in [4.78, 5) is 0. The normalized spacial score (nSPS) is 13.5. The highest BCUT2D eigenvalue weighted by molar-refractivity contribution is 7.03. The number of benzene rings is 5. The van der Waals surface area contributed by atoms with E-state index in [0.717, 1.165) is 44.6 Å². The lowest BCUT2D eigenvalue weighted by Crippen LogP contribution is -2.49. The van der Waals surface area contributed by atoms with E-state index in [2.05, 4.69) is 108 Å². The third-order valence-electron chi connectivity index (χ3n) is 9.10. The summed E-state index contributed by atoms with van der Waals surface area (Å²) in [7, 11) is 0.245. The largest absolute Gasteiger partial charge is 0.454 e. The van der Waals surface area contributed by atoms with E-state index in [1.54, 1.807) is 6.07 Å². The van der Waals surface area contributed by atoms with Gasteiger partial charge in [0.15, 0.2) is 5.58 Å². The molecular formula is C37H30FN2OSi+. The van der Waals surface area contributed by atoms with Crippen LogP contribution in [-0.4, -0.2) is 12.6 Å². The molecule has 0 atom stereocenters. The number of hydrogen-bond donors (Lipinski definition) is 0. The smallest absolute Gasteiger partial charge is 0.297 e. The Morgan fingerprint density at radius 2 is 1.43 bits per heavy atom. The van der Waals surface area contributed by atoms with Gasteiger partial charge in [-0.3, -0.25) is 0 Å². The maximum absolute atomic E-state index is 15.9. The first-order valence-corrected chi connectivity index (χ1v) is 17.4. The summed E-state index contributed by atoms with van der Waals surface area (Å²) in [6.45, 7) is 6.90. The number of para-hydroxylation sites is 1. The van der Waals surface area contributed by atoms with Gasteiger partial charge in [-0.15, -0.1) is 0 Å². The van der Waals surface area contributed by atoms with Crippen LogP contribution in [0.25, 0.3) is 61.3 Å². The van der Waals surface area contributed by atoms with Crippen LogP contribution >= 0.6 is 0 Å². The van der Waals surface area contributed by atoms with Crippen LogP contribution in [0.1, 0.15) is 5.56 Å². The minimum absolute atomic E-state index is 0.277. The molecule has 7 aromatic rings. The monoisotopic (exact) mass is 565 g/mol. The number of nitrogens with zero attached hydrogens (tertiary/aromatic N) is 2. The SMILES string of the molecule is Cc1ccc2c(oc3c(-c4ccc5c(c4)-c4ccccc4[Si]5(C)C)c(F)ccc32)c1-c1n(-c2ccccc2)cc[n+]1C. The van der Waals surface area contributed by atoms with Crippen molar-refractivity contribution in [2.75, 3.05) is 0 Å². The number of aryl methyl sites for hydroxylation is 2. The first-order chi connectivity index (χ1) is 20.3. The van der Waals surface area contributed by atoms with Crippen molar-refractivity contribution in [1.29, 1.82) is 0 Å². The van der Waals surface area contributed by atoms with Crippen molar-refractivity contribution in [1.82, 2.24) is 4.57 Å². The lowest BCUT2D eigenvalue weighted by molar-refractivity contribution is -0.659. The van der Waals surface area contributed by atoms with E-state index in [-0.39, 0.29) is 5.82 Å². The summed E-state index contributed by atoms with van der Waals surface area (Å²) in [5.41, 5.74) is 8.36. The van der Waals surface area contributed by atoms with Crippen LogP contribution < -0.4 is 14.9 Å². The van der Waals surface area contributed by atoms with Crippen LogP contribution in [0, 0.1) is 12.7 Å². The Kier molecular flexibility index (Phi) is 5.28. The average molecular weight is 566 g/mol. The average Bonchev–Trinajstić information content (AvgIpc) is 3.63. The fourth-order valence-electron chi connectivity index (χ4n) is 6.97. The second-order valence-electron chi connectivity index (χ2n) is 11.9. The maximum atomic E-state index is 15.9. The first kappa shape index (κ1) is 25.0. The Hall–Kier alpha value is -4.74. The van der Waals surface area contributed by atoms with E-state index in [1.165, 1.54) is 21.5 Å². The highest BCUT2D eigenvalue weighted by Gasteiger charge is 2.37. The molecule has 0 aliphatic carbocycles. The second-order valence-corrected chi connectivity index (χ2v) is 16.2. The van der Waals surface area contributed by atoms with Gasteiger partial charge in [-0.2, -0.15) is 4.57 Å². The van der Waals surface area contributed by atoms with Gasteiger partial charge in [0.2, 0.25) is 0 Å². The number of aromatic nitrogens is 2. The molecule has 0 saturated carbocycles. The molecule has 0 spiro atoms. The van der Waals surface area contributed by atoms with E-state index in [9.17, 15) is 0 Å². The fourth-order valence-corrected chi connectivity index (χ4v) is 10.0. The van der Waals surface area contributed by atoms with E-state index in [0.29, 0.717) is 11.1 Å². The van der Waals surface area contributed by atoms with Crippen molar-refractivity contribution in [2.45, 2.75) is 20.0 Å². The molecule has 0 fully saturated rings. The molecule has 5 heteroatoms. The molecule has 0 saturated heterocycles. The van der Waals surface area contributed by atoms with Gasteiger partial charge in [0.1, 0.15) is 43.1 Å². The zero-order valence-corrected chi connectivity index (χ0v) is 25.1. The van der Waals surface area contributed by atoms with Crippen LogP contribution in [-0.2, 0) is 7.05 Å². The third-order valence-corrected chi connectivity index (χ3v) is 12.7. The summed E-state index contributed by atoms with van der Waals surface area (Å²) in [5, 5.41) is 4.73. The highest BCUT2D eigenvalue weighted by atomic mass is 28.3. The highest BCUT2D eigenvalue weighted by Crippen LogP contribution is 2.43. The Labute approximate surface area is 245 Å². The minimum atomic E-state index is -1.80. The van der Waals surface area contributed by atoms with Crippen LogP contribution in [0.5, 0.6) is 0 Å². The van der Waals surface area contributed by atoms with Crippen molar-refractivity contribution in [3.63, 3.8) is 0 Å². The number of fused-ring (bicyclic) bond motifs is 6. The number of halogens is 1. The van der Waals surface area contributed by atoms with Crippen LogP contribution in [0.2, 0.25) is 13.1 Å². The molecule has 42 heavy (non-hydrogen) atoms. The van der Waals surface area contributed by atoms with Crippen molar-refractivity contribution < 1.29 is 13.4 Å². The molecule has 5 aromatic carbocycles. The zero-order valence-electron chi connectivity index (χ0n) is 24.1. The van der Waals surface area contributed by atoms with Gasteiger partial charge in [0.05, 0.1) is 12.6 Å². The Balaban J connectivity index is 1.39. The van der Waals surface area contributed by atoms with Crippen molar-refractivity contribution in [3.8, 4) is 39.3 Å². The van der Waals surface area contributed by atoms with Crippen LogP contribution in [0.4, 0.5) is 4.39 Å². The lowest BCUT2D eigenvalue weighted by atomic mass is 9.97. The Bertz CT molecular complexity index is 2210. The second kappa shape index (κ2) is 8.88. The molecule has 3 nitrogen and oxygen atoms in total. The van der Waals surface area contributed by atoms with Crippen molar-refractivity contribution >= 4 is 40.4 Å². The molecule has 1 aliphatic rings. The number of imidazole rings is 1. The Morgan fingerprint density at radius 3 is 2.24 bits per heavy atom. The fraction of sp³-hybridized carbons (Fsp3) is 0.108. The third kappa shape index (κ3) is 3.40. The molecule has 0 unspecified atom stereocenters. The van der Waals surface area contributed by atoms with Crippen molar-refractivity contribution in [2.24, 2.45) is 7.05 Å². The van der Waals surface area contributed by atoms with E-state index in [4.69, 9.17) is 4.42 Å². The summed E-state index contributed by atoms with van der Waals surface area (Å²) in [6.07, 6.45) is 4.13. The van der Waals surface area contributed by atoms with Crippen LogP contribution in [0.15, 0.2) is 114 Å². The molecule has 2 aromatic heterocycles. The predicted octanol–water partition coefficient (Wildman–Crippen LogP) is 7.79. The summed E-state index contributed by atoms with van der Waals surface area (Å²) >= 11 is 0. The number of furan rings is 1. The summed E-state index contributed by atoms with van der Waals surface area (Å²) < 4.78 is 26.9. The number of hydrogen-bond acceptors (Lipinski definition) is 1. The molecule has 8 rings (SSSR count). The minimum Gasteiger partial charge on any atom is -0.454 e. The number of rotatable bonds is 3. The van der Waals surface area contributed by atoms with Crippen LogP contribution in [0.3, 0.4) is 0 Å². The maximum Gasteiger partial charge on any atom is 0.297 e. The quantitative estimate of drug-likeness (QED) is 0.158. The van der Waals surface area contributed by atoms with Gasteiger partial charge >= 0.3 is 0 Å². The van der Waals surface area contributed by atoms with Gasteiger partial charge in [0.25, 0.3) is 5.82 Å². The predicted molar refractivity (Wildman–Crippen MR) is 172 cm³/mol. The molecular weight excluding hydrogens is 536 g/mol. The molecule has 0 bridgehead atoms. The van der Waals surface area contributed by atoms with Gasteiger partial charge in [0, 0.05) is 10.8 Å². The van der Waals surface area contributed by atoms with Gasteiger partial charge in [-0.1, -0.05) is 79.8 Å². The molecule has 204 valence electrons. The van der Waals surface area contributed by atoms with Crippen molar-refractivity contribution in [3.05, 3.63) is 121 Å². The first-order valence-electron chi connectivity index (χ1n) is 14.4. The summed E-state index contributed by atoms with van der Waals surface area (Å²) in [5.74, 6) is 0.729. The Morgan fingerprint density at radius 1 is 0.738 bits per heavy atom. The zero-order chi connectivity index (χ0) is 28.7. The van der Waals surface area contributed by atoms with Gasteiger partial charge in [-0.05, 0) is 69.9 Å². The topological polar surface area (TPSA) is 21.9 Å². The van der Waals surface area contributed by atoms with Gasteiger partial charge in [-0.25, -0.2) is 8.96 Å². The molecule has 0 radical (unpaired) electrons. The van der Waals surface area contributed by atoms with E-state index < -0.39 is 8.07 Å². The standard InChI is InChI=1S/C37H30FN2OSi/c1-23-14-16-27-28-17-18-30(38)34(24-15-19-32-29(22-24)26-12-8-9-13-31(26)42(32,3)4)36(28)41-35(27)33(23)37-39(2)20-21-40(37)25-10-6-5-7-11-25/h5-22H,1-4H3/q+1.